The summed E-state index contributed by atoms with van der Waals surface area (Å²) in [4.78, 5) is 31.2. The zero-order chi connectivity index (χ0) is 17.9. The summed E-state index contributed by atoms with van der Waals surface area (Å²) in [5.41, 5.74) is 1.19. The molecule has 1 fully saturated rings. The number of likely N-dealkylation sites (tertiary alicyclic amines) is 1. The highest BCUT2D eigenvalue weighted by molar-refractivity contribution is 5.95. The monoisotopic (exact) mass is 337 g/mol. The van der Waals surface area contributed by atoms with E-state index in [0.29, 0.717) is 37.3 Å². The summed E-state index contributed by atoms with van der Waals surface area (Å²) in [6, 6.07) is 13.4. The van der Waals surface area contributed by atoms with Crippen LogP contribution >= 0.6 is 0 Å². The molecule has 1 aromatic heterocycles. The first-order valence-corrected chi connectivity index (χ1v) is 8.56. The number of amides is 1. The predicted octanol–water partition coefficient (Wildman–Crippen LogP) is 2.89. The van der Waals surface area contributed by atoms with Crippen molar-refractivity contribution in [3.05, 3.63) is 59.8 Å². The third-order valence-electron chi connectivity index (χ3n) is 5.17. The Morgan fingerprint density at radius 2 is 1.80 bits per heavy atom. The zero-order valence-electron chi connectivity index (χ0n) is 14.7. The molecular weight excluding hydrogens is 314 g/mol. The number of nitrogens with one attached hydrogen (secondary N) is 1. The van der Waals surface area contributed by atoms with Crippen LogP contribution in [0.2, 0.25) is 0 Å². The lowest BCUT2D eigenvalue weighted by molar-refractivity contribution is -0.124. The van der Waals surface area contributed by atoms with Crippen molar-refractivity contribution >= 4 is 17.5 Å². The van der Waals surface area contributed by atoms with Crippen LogP contribution in [0.1, 0.15) is 35.7 Å². The lowest BCUT2D eigenvalue weighted by atomic mass is 9.70. The molecule has 0 aliphatic carbocycles. The van der Waals surface area contributed by atoms with E-state index in [-0.39, 0.29) is 11.7 Å². The zero-order valence-corrected chi connectivity index (χ0v) is 14.7. The van der Waals surface area contributed by atoms with Crippen molar-refractivity contribution in [1.82, 2.24) is 9.88 Å². The Balaban J connectivity index is 1.78. The number of piperidine rings is 1. The number of benzene rings is 1. The van der Waals surface area contributed by atoms with Crippen molar-refractivity contribution in [2.24, 2.45) is 0 Å². The minimum Gasteiger partial charge on any atom is -0.373 e. The van der Waals surface area contributed by atoms with Crippen LogP contribution in [-0.2, 0) is 10.2 Å². The van der Waals surface area contributed by atoms with E-state index in [9.17, 15) is 9.59 Å². The molecule has 0 radical (unpaired) electrons. The summed E-state index contributed by atoms with van der Waals surface area (Å²) in [6.07, 6.45) is 2.94. The van der Waals surface area contributed by atoms with E-state index in [0.717, 1.165) is 5.56 Å². The molecule has 130 valence electrons. The average molecular weight is 337 g/mol. The number of rotatable bonds is 4. The fourth-order valence-electron chi connectivity index (χ4n) is 3.58. The van der Waals surface area contributed by atoms with Gasteiger partial charge in [-0.3, -0.25) is 9.59 Å². The first-order chi connectivity index (χ1) is 12.1. The fraction of sp³-hybridized carbons (Fsp3) is 0.350. The van der Waals surface area contributed by atoms with Gasteiger partial charge in [0.25, 0.3) is 5.91 Å². The Labute approximate surface area is 148 Å². The molecule has 0 unspecified atom stereocenters. The summed E-state index contributed by atoms with van der Waals surface area (Å²) in [5, 5.41) is 2.95. The van der Waals surface area contributed by atoms with Crippen LogP contribution < -0.4 is 5.32 Å². The number of carbonyl (C=O) groups excluding carboxylic acids is 2. The van der Waals surface area contributed by atoms with Crippen LogP contribution in [0.5, 0.6) is 0 Å². The molecule has 3 rings (SSSR count). The smallest absolute Gasteiger partial charge is 0.254 e. The highest BCUT2D eigenvalue weighted by Crippen LogP contribution is 2.36. The Hall–Kier alpha value is -2.69. The van der Waals surface area contributed by atoms with Gasteiger partial charge in [-0.2, -0.15) is 0 Å². The third kappa shape index (κ3) is 3.27. The Bertz CT molecular complexity index is 766. The van der Waals surface area contributed by atoms with Crippen molar-refractivity contribution in [3.8, 4) is 0 Å². The summed E-state index contributed by atoms with van der Waals surface area (Å²) in [5.74, 6) is 0.835. The molecule has 1 saturated heterocycles. The van der Waals surface area contributed by atoms with Gasteiger partial charge in [0, 0.05) is 31.9 Å². The standard InChI is InChI=1S/C20H23N3O2/c1-15(24)20(17-6-4-3-5-7-17)9-12-23(13-10-20)19(25)16-8-11-22-18(14-16)21-2/h3-8,11,14H,9-10,12-13H2,1-2H3,(H,21,22). The van der Waals surface area contributed by atoms with Gasteiger partial charge in [0.1, 0.15) is 11.6 Å². The number of pyridine rings is 1. The number of carbonyl (C=O) groups is 2. The fourth-order valence-corrected chi connectivity index (χ4v) is 3.58. The molecule has 2 aromatic rings. The minimum atomic E-state index is -0.480. The minimum absolute atomic E-state index is 0.0101. The van der Waals surface area contributed by atoms with Crippen LogP contribution in [0.4, 0.5) is 5.82 Å². The van der Waals surface area contributed by atoms with Crippen LogP contribution in [0.15, 0.2) is 48.7 Å². The Kier molecular flexibility index (Phi) is 4.83. The van der Waals surface area contributed by atoms with E-state index in [1.807, 2.05) is 35.2 Å². The average Bonchev–Trinajstić information content (AvgIpc) is 2.68. The molecule has 0 spiro atoms. The quantitative estimate of drug-likeness (QED) is 0.932. The van der Waals surface area contributed by atoms with Crippen molar-refractivity contribution in [3.63, 3.8) is 0 Å². The van der Waals surface area contributed by atoms with Crippen molar-refractivity contribution in [1.29, 1.82) is 0 Å². The Morgan fingerprint density at radius 3 is 2.40 bits per heavy atom. The van der Waals surface area contributed by atoms with E-state index in [1.54, 1.807) is 32.3 Å². The van der Waals surface area contributed by atoms with Crippen LogP contribution in [0, 0.1) is 0 Å². The Morgan fingerprint density at radius 1 is 1.12 bits per heavy atom. The molecule has 1 aromatic carbocycles. The molecule has 1 aliphatic heterocycles. The highest BCUT2D eigenvalue weighted by Gasteiger charge is 2.41. The van der Waals surface area contributed by atoms with Crippen molar-refractivity contribution in [2.75, 3.05) is 25.5 Å². The molecule has 0 atom stereocenters. The maximum atomic E-state index is 12.8. The number of anilines is 1. The molecule has 2 heterocycles. The molecule has 25 heavy (non-hydrogen) atoms. The van der Waals surface area contributed by atoms with Gasteiger partial charge in [-0.05, 0) is 37.5 Å². The summed E-state index contributed by atoms with van der Waals surface area (Å²) in [6.45, 7) is 2.81. The molecule has 1 amide bonds. The van der Waals surface area contributed by atoms with E-state index >= 15 is 0 Å². The molecular formula is C20H23N3O2. The summed E-state index contributed by atoms with van der Waals surface area (Å²) >= 11 is 0. The summed E-state index contributed by atoms with van der Waals surface area (Å²) in [7, 11) is 1.78. The second kappa shape index (κ2) is 7.05. The predicted molar refractivity (Wildman–Crippen MR) is 97.7 cm³/mol. The molecule has 5 heteroatoms. The number of Topliss-reactive ketones (excluding diaryl/α,β-unsaturated/α-hetero) is 1. The second-order valence-electron chi connectivity index (χ2n) is 6.48. The number of ketones is 1. The SMILES string of the molecule is CNc1cc(C(=O)N2CCC(C(C)=O)(c3ccccc3)CC2)ccn1. The van der Waals surface area contributed by atoms with E-state index in [1.165, 1.54) is 0 Å². The van der Waals surface area contributed by atoms with E-state index in [4.69, 9.17) is 0 Å². The van der Waals surface area contributed by atoms with Gasteiger partial charge in [-0.25, -0.2) is 4.98 Å². The highest BCUT2D eigenvalue weighted by atomic mass is 16.2. The molecule has 1 N–H and O–H groups in total. The number of hydrogen-bond acceptors (Lipinski definition) is 4. The largest absolute Gasteiger partial charge is 0.373 e. The van der Waals surface area contributed by atoms with Gasteiger partial charge in [0.05, 0.1) is 5.41 Å². The van der Waals surface area contributed by atoms with Gasteiger partial charge in [-0.1, -0.05) is 30.3 Å². The first kappa shape index (κ1) is 17.1. The van der Waals surface area contributed by atoms with Gasteiger partial charge in [0.2, 0.25) is 0 Å². The lowest BCUT2D eigenvalue weighted by Crippen LogP contribution is -2.48. The molecule has 1 aliphatic rings. The van der Waals surface area contributed by atoms with E-state index < -0.39 is 5.41 Å². The van der Waals surface area contributed by atoms with Gasteiger partial charge < -0.3 is 10.2 Å². The molecule has 0 bridgehead atoms. The van der Waals surface area contributed by atoms with E-state index in [2.05, 4.69) is 10.3 Å². The maximum Gasteiger partial charge on any atom is 0.254 e. The topological polar surface area (TPSA) is 62.3 Å². The van der Waals surface area contributed by atoms with Gasteiger partial charge >= 0.3 is 0 Å². The maximum absolute atomic E-state index is 12.8. The second-order valence-corrected chi connectivity index (χ2v) is 6.48. The van der Waals surface area contributed by atoms with Crippen LogP contribution in [-0.4, -0.2) is 41.7 Å². The lowest BCUT2D eigenvalue weighted by Gasteiger charge is -2.40. The van der Waals surface area contributed by atoms with Crippen molar-refractivity contribution in [2.45, 2.75) is 25.2 Å². The third-order valence-corrected chi connectivity index (χ3v) is 5.17. The van der Waals surface area contributed by atoms with Crippen molar-refractivity contribution < 1.29 is 9.59 Å². The number of aromatic nitrogens is 1. The molecule has 0 saturated carbocycles. The normalized spacial score (nSPS) is 16.3. The number of hydrogen-bond donors (Lipinski definition) is 1. The van der Waals surface area contributed by atoms with Crippen LogP contribution in [0.25, 0.3) is 0 Å². The summed E-state index contributed by atoms with van der Waals surface area (Å²) < 4.78 is 0. The first-order valence-electron chi connectivity index (χ1n) is 8.56. The van der Waals surface area contributed by atoms with Gasteiger partial charge in [-0.15, -0.1) is 0 Å². The number of nitrogens with zero attached hydrogens (tertiary/aromatic N) is 2. The van der Waals surface area contributed by atoms with Gasteiger partial charge in [0.15, 0.2) is 0 Å². The van der Waals surface area contributed by atoms with Crippen LogP contribution in [0.3, 0.4) is 0 Å². The molecule has 5 nitrogen and oxygen atoms in total.